The molecule has 0 spiro atoms. The second kappa shape index (κ2) is 10.4. The lowest BCUT2D eigenvalue weighted by Gasteiger charge is -2.37. The largest absolute Gasteiger partial charge is 0.478 e. The molecule has 0 saturated heterocycles. The van der Waals surface area contributed by atoms with E-state index in [2.05, 4.69) is 20.3 Å². The van der Waals surface area contributed by atoms with Gasteiger partial charge in [0.05, 0.1) is 21.7 Å². The Balaban J connectivity index is 1.50. The quantitative estimate of drug-likeness (QED) is 0.240. The van der Waals surface area contributed by atoms with Gasteiger partial charge in [-0.3, -0.25) is 0 Å². The lowest BCUT2D eigenvalue weighted by Crippen LogP contribution is -2.35. The fourth-order valence-corrected chi connectivity index (χ4v) is 5.84. The van der Waals surface area contributed by atoms with Gasteiger partial charge in [-0.15, -0.1) is 11.3 Å². The Bertz CT molecular complexity index is 1540. The number of halogens is 3. The minimum Gasteiger partial charge on any atom is -0.478 e. The maximum Gasteiger partial charge on any atom is 0.416 e. The van der Waals surface area contributed by atoms with E-state index in [4.69, 9.17) is 4.74 Å². The van der Waals surface area contributed by atoms with Gasteiger partial charge in [0.2, 0.25) is 0 Å². The molecule has 1 unspecified atom stereocenters. The number of nitrogens with one attached hydrogen (secondary N) is 1. The van der Waals surface area contributed by atoms with Gasteiger partial charge in [0.25, 0.3) is 0 Å². The van der Waals surface area contributed by atoms with Crippen LogP contribution in [0.3, 0.4) is 0 Å². The summed E-state index contributed by atoms with van der Waals surface area (Å²) in [6.45, 7) is 1.28. The molecule has 1 aliphatic carbocycles. The Morgan fingerprint density at radius 1 is 1.15 bits per heavy atom. The SMILES string of the molecule is Cc1cc(Nc2cc(C(F)(F)F)ccn2)nc(-c2cnc(C3(OCO)CCCc4cc(C(=O)O)ccc43)s2)c1. The Morgan fingerprint density at radius 3 is 2.72 bits per heavy atom. The molecule has 0 aliphatic heterocycles. The predicted molar refractivity (Wildman–Crippen MR) is 138 cm³/mol. The number of aromatic carboxylic acids is 1. The lowest BCUT2D eigenvalue weighted by atomic mass is 9.78. The summed E-state index contributed by atoms with van der Waals surface area (Å²) in [6.07, 6.45) is 0.128. The summed E-state index contributed by atoms with van der Waals surface area (Å²) in [5.41, 5.74) is 1.23. The fourth-order valence-electron chi connectivity index (χ4n) is 4.78. The highest BCUT2D eigenvalue weighted by molar-refractivity contribution is 7.15. The van der Waals surface area contributed by atoms with Gasteiger partial charge in [-0.05, 0) is 79.3 Å². The van der Waals surface area contributed by atoms with Gasteiger partial charge in [-0.1, -0.05) is 6.07 Å². The molecule has 3 heterocycles. The Kier molecular flexibility index (Phi) is 7.10. The monoisotopic (exact) mass is 556 g/mol. The molecular weight excluding hydrogens is 533 g/mol. The van der Waals surface area contributed by atoms with Crippen LogP contribution >= 0.6 is 11.3 Å². The summed E-state index contributed by atoms with van der Waals surface area (Å²) in [7, 11) is 0. The molecule has 3 N–H and O–H groups in total. The summed E-state index contributed by atoms with van der Waals surface area (Å²) in [5, 5.41) is 22.6. The summed E-state index contributed by atoms with van der Waals surface area (Å²) < 4.78 is 45.3. The van der Waals surface area contributed by atoms with Crippen LogP contribution in [0.5, 0.6) is 0 Å². The van der Waals surface area contributed by atoms with Gasteiger partial charge in [0.1, 0.15) is 29.0 Å². The Labute approximate surface area is 225 Å². The molecule has 202 valence electrons. The van der Waals surface area contributed by atoms with E-state index in [1.165, 1.54) is 17.4 Å². The third-order valence-corrected chi connectivity index (χ3v) is 7.65. The molecule has 1 atom stereocenters. The number of aryl methyl sites for hydroxylation is 2. The molecular formula is C27H23F3N4O4S. The summed E-state index contributed by atoms with van der Waals surface area (Å²) in [6, 6.07) is 10.2. The molecule has 8 nitrogen and oxygen atoms in total. The number of aliphatic hydroxyl groups is 1. The van der Waals surface area contributed by atoms with Crippen molar-refractivity contribution in [3.8, 4) is 10.6 Å². The number of fused-ring (bicyclic) bond motifs is 1. The lowest BCUT2D eigenvalue weighted by molar-refractivity contribution is -0.137. The van der Waals surface area contributed by atoms with Gasteiger partial charge >= 0.3 is 12.1 Å². The minimum absolute atomic E-state index is 0.00806. The number of hydrogen-bond donors (Lipinski definition) is 3. The molecule has 0 radical (unpaired) electrons. The Hall–Kier alpha value is -3.87. The van der Waals surface area contributed by atoms with E-state index < -0.39 is 30.1 Å². The number of rotatable bonds is 7. The van der Waals surface area contributed by atoms with Crippen molar-refractivity contribution >= 4 is 28.9 Å². The van der Waals surface area contributed by atoms with Crippen molar-refractivity contribution in [3.05, 3.63) is 87.7 Å². The molecule has 12 heteroatoms. The normalized spacial score (nSPS) is 17.1. The summed E-state index contributed by atoms with van der Waals surface area (Å²) in [5.74, 6) is -0.699. The van der Waals surface area contributed by atoms with E-state index in [0.29, 0.717) is 40.7 Å². The van der Waals surface area contributed by atoms with Crippen LogP contribution in [0.1, 0.15) is 50.5 Å². The van der Waals surface area contributed by atoms with Crippen LogP contribution in [0.4, 0.5) is 24.8 Å². The number of alkyl halides is 3. The molecule has 39 heavy (non-hydrogen) atoms. The molecule has 1 aromatic carbocycles. The number of nitrogens with zero attached hydrogens (tertiary/aromatic N) is 3. The van der Waals surface area contributed by atoms with Crippen molar-refractivity contribution in [1.29, 1.82) is 0 Å². The zero-order chi connectivity index (χ0) is 27.8. The number of carbonyl (C=O) groups is 1. The number of benzene rings is 1. The third kappa shape index (κ3) is 5.35. The van der Waals surface area contributed by atoms with Crippen LogP contribution in [0.2, 0.25) is 0 Å². The van der Waals surface area contributed by atoms with Gasteiger partial charge in [-0.25, -0.2) is 19.7 Å². The van der Waals surface area contributed by atoms with E-state index in [1.807, 2.05) is 13.0 Å². The number of carboxylic acids is 1. The van der Waals surface area contributed by atoms with Crippen molar-refractivity contribution in [1.82, 2.24) is 15.0 Å². The summed E-state index contributed by atoms with van der Waals surface area (Å²) >= 11 is 1.32. The van der Waals surface area contributed by atoms with Crippen molar-refractivity contribution in [2.75, 3.05) is 12.1 Å². The smallest absolute Gasteiger partial charge is 0.416 e. The topological polar surface area (TPSA) is 117 Å². The van der Waals surface area contributed by atoms with Crippen LogP contribution in [0.15, 0.2) is 54.9 Å². The second-order valence-electron chi connectivity index (χ2n) is 9.13. The first-order chi connectivity index (χ1) is 18.6. The molecule has 1 aliphatic rings. The van der Waals surface area contributed by atoms with E-state index in [9.17, 15) is 28.2 Å². The van der Waals surface area contributed by atoms with E-state index in [1.54, 1.807) is 24.4 Å². The first-order valence-electron chi connectivity index (χ1n) is 12.0. The first kappa shape index (κ1) is 26.7. The molecule has 0 bridgehead atoms. The molecule has 4 aromatic rings. The van der Waals surface area contributed by atoms with E-state index in [0.717, 1.165) is 35.0 Å². The average molecular weight is 557 g/mol. The molecule has 3 aromatic heterocycles. The fraction of sp³-hybridized carbons (Fsp3) is 0.259. The number of pyridine rings is 2. The molecule has 5 rings (SSSR count). The van der Waals surface area contributed by atoms with Crippen LogP contribution in [-0.4, -0.2) is 37.9 Å². The maximum absolute atomic E-state index is 13.1. The highest BCUT2D eigenvalue weighted by Gasteiger charge is 2.42. The zero-order valence-electron chi connectivity index (χ0n) is 20.6. The number of carboxylic acid groups (broad SMARTS) is 1. The minimum atomic E-state index is -4.50. The first-order valence-corrected chi connectivity index (χ1v) is 12.8. The number of aliphatic hydroxyl groups excluding tert-OH is 1. The number of hydrogen-bond acceptors (Lipinski definition) is 8. The number of thiazole rings is 1. The summed E-state index contributed by atoms with van der Waals surface area (Å²) in [4.78, 5) is 25.3. The van der Waals surface area contributed by atoms with E-state index >= 15 is 0 Å². The highest BCUT2D eigenvalue weighted by Crippen LogP contribution is 2.46. The molecule has 0 saturated carbocycles. The predicted octanol–water partition coefficient (Wildman–Crippen LogP) is 5.92. The second-order valence-corrected chi connectivity index (χ2v) is 10.2. The van der Waals surface area contributed by atoms with Gasteiger partial charge in [-0.2, -0.15) is 13.2 Å². The van der Waals surface area contributed by atoms with Gasteiger partial charge in [0.15, 0.2) is 0 Å². The van der Waals surface area contributed by atoms with Crippen LogP contribution in [0, 0.1) is 6.92 Å². The van der Waals surface area contributed by atoms with Gasteiger partial charge < -0.3 is 20.3 Å². The molecule has 0 fully saturated rings. The van der Waals surface area contributed by atoms with Crippen molar-refractivity contribution in [3.63, 3.8) is 0 Å². The van der Waals surface area contributed by atoms with Gasteiger partial charge in [0, 0.05) is 12.4 Å². The average Bonchev–Trinajstić information content (AvgIpc) is 3.39. The zero-order valence-corrected chi connectivity index (χ0v) is 21.4. The van der Waals surface area contributed by atoms with Crippen LogP contribution in [0.25, 0.3) is 10.6 Å². The van der Waals surface area contributed by atoms with Crippen molar-refractivity contribution < 1.29 is 32.9 Å². The maximum atomic E-state index is 13.1. The standard InChI is InChI=1S/C27H23F3N4O4S/c1-15-9-20(33-23(10-15)34-22-12-18(6-8-31-22)27(28,29)30)21-13-32-25(39-21)26(38-14-35)7-2-3-16-11-17(24(36)37)4-5-19(16)26/h4-6,8-13,35H,2-3,7,14H2,1H3,(H,36,37)(H,31,33,34). The number of aromatic nitrogens is 3. The Morgan fingerprint density at radius 2 is 1.97 bits per heavy atom. The third-order valence-electron chi connectivity index (χ3n) is 6.49. The molecule has 0 amide bonds. The van der Waals surface area contributed by atoms with Crippen LogP contribution in [-0.2, 0) is 22.9 Å². The van der Waals surface area contributed by atoms with Crippen molar-refractivity contribution in [2.45, 2.75) is 38.0 Å². The van der Waals surface area contributed by atoms with Crippen LogP contribution < -0.4 is 5.32 Å². The number of ether oxygens (including phenoxy) is 1. The van der Waals surface area contributed by atoms with Crippen molar-refractivity contribution in [2.24, 2.45) is 0 Å². The highest BCUT2D eigenvalue weighted by atomic mass is 32.1. The van der Waals surface area contributed by atoms with E-state index in [-0.39, 0.29) is 11.4 Å². The number of anilines is 2.